The number of para-hydroxylation sites is 1. The zero-order valence-electron chi connectivity index (χ0n) is 13.4. The van der Waals surface area contributed by atoms with E-state index in [-0.39, 0.29) is 12.5 Å². The molecule has 0 unspecified atom stereocenters. The number of hydrogen-bond acceptors (Lipinski definition) is 4. The van der Waals surface area contributed by atoms with E-state index < -0.39 is 0 Å². The van der Waals surface area contributed by atoms with Crippen molar-refractivity contribution in [3.05, 3.63) is 70.7 Å². The molecule has 1 heterocycles. The summed E-state index contributed by atoms with van der Waals surface area (Å²) in [5, 5.41) is 6.33. The molecule has 0 atom stereocenters. The highest BCUT2D eigenvalue weighted by molar-refractivity contribution is 7.13. The van der Waals surface area contributed by atoms with Crippen LogP contribution in [0.3, 0.4) is 0 Å². The molecule has 4 nitrogen and oxygen atoms in total. The summed E-state index contributed by atoms with van der Waals surface area (Å²) in [6, 6.07) is 17.1. The Morgan fingerprint density at radius 1 is 1.12 bits per heavy atom. The first kappa shape index (κ1) is 17.5. The number of thiazole rings is 1. The summed E-state index contributed by atoms with van der Waals surface area (Å²) in [7, 11) is 0. The van der Waals surface area contributed by atoms with Gasteiger partial charge in [-0.05, 0) is 12.1 Å². The molecule has 3 aromatic rings. The van der Waals surface area contributed by atoms with Gasteiger partial charge in [-0.2, -0.15) is 0 Å². The number of benzene rings is 2. The van der Waals surface area contributed by atoms with Crippen molar-refractivity contribution in [2.24, 2.45) is 0 Å². The summed E-state index contributed by atoms with van der Waals surface area (Å²) in [6.45, 7) is 0.457. The van der Waals surface area contributed by atoms with E-state index >= 15 is 0 Å². The van der Waals surface area contributed by atoms with Gasteiger partial charge in [0, 0.05) is 23.9 Å². The molecule has 0 aliphatic rings. The minimum atomic E-state index is -0.182. The van der Waals surface area contributed by atoms with E-state index in [1.54, 1.807) is 23.5 Å². The number of aromatic nitrogens is 1. The molecule has 0 saturated carbocycles. The number of halogens is 1. The number of rotatable bonds is 7. The SMILES string of the molecule is O=C(COc1ccccc1Cl)NCCc1csc(-c2ccccc2)n1. The molecule has 2 aromatic carbocycles. The van der Waals surface area contributed by atoms with Crippen molar-refractivity contribution in [2.45, 2.75) is 6.42 Å². The molecule has 1 N–H and O–H groups in total. The Hall–Kier alpha value is -2.37. The third-order valence-electron chi connectivity index (χ3n) is 3.47. The quantitative estimate of drug-likeness (QED) is 0.676. The predicted octanol–water partition coefficient (Wildman–Crippen LogP) is 4.20. The third kappa shape index (κ3) is 5.05. The first-order valence-electron chi connectivity index (χ1n) is 7.86. The summed E-state index contributed by atoms with van der Waals surface area (Å²) < 4.78 is 5.41. The van der Waals surface area contributed by atoms with Gasteiger partial charge in [0.2, 0.25) is 0 Å². The largest absolute Gasteiger partial charge is 0.482 e. The number of ether oxygens (including phenoxy) is 1. The Labute approximate surface area is 155 Å². The van der Waals surface area contributed by atoms with Crippen molar-refractivity contribution in [3.8, 4) is 16.3 Å². The lowest BCUT2D eigenvalue weighted by atomic mass is 10.2. The average Bonchev–Trinajstić information content (AvgIpc) is 3.11. The molecule has 0 fully saturated rings. The lowest BCUT2D eigenvalue weighted by Crippen LogP contribution is -2.30. The van der Waals surface area contributed by atoms with E-state index in [2.05, 4.69) is 10.3 Å². The fourth-order valence-corrected chi connectivity index (χ4v) is 3.27. The van der Waals surface area contributed by atoms with Crippen molar-refractivity contribution in [1.29, 1.82) is 0 Å². The molecular formula is C19H17ClN2O2S. The van der Waals surface area contributed by atoms with Crippen LogP contribution in [0.15, 0.2) is 60.0 Å². The van der Waals surface area contributed by atoms with E-state index in [1.807, 2.05) is 47.8 Å². The second-order valence-corrected chi connectivity index (χ2v) is 6.59. The highest BCUT2D eigenvalue weighted by Crippen LogP contribution is 2.24. The minimum absolute atomic E-state index is 0.0595. The topological polar surface area (TPSA) is 51.2 Å². The van der Waals surface area contributed by atoms with Crippen molar-refractivity contribution in [3.63, 3.8) is 0 Å². The first-order chi connectivity index (χ1) is 12.2. The van der Waals surface area contributed by atoms with E-state index in [9.17, 15) is 4.79 Å². The van der Waals surface area contributed by atoms with E-state index in [4.69, 9.17) is 16.3 Å². The van der Waals surface area contributed by atoms with E-state index in [1.165, 1.54) is 0 Å². The number of nitrogens with one attached hydrogen (secondary N) is 1. The van der Waals surface area contributed by atoms with Crippen molar-refractivity contribution in [2.75, 3.05) is 13.2 Å². The van der Waals surface area contributed by atoms with Gasteiger partial charge >= 0.3 is 0 Å². The number of carbonyl (C=O) groups is 1. The maximum absolute atomic E-state index is 11.8. The van der Waals surface area contributed by atoms with Crippen LogP contribution in [0, 0.1) is 0 Å². The van der Waals surface area contributed by atoms with Crippen molar-refractivity contribution < 1.29 is 9.53 Å². The number of hydrogen-bond donors (Lipinski definition) is 1. The highest BCUT2D eigenvalue weighted by Gasteiger charge is 2.07. The monoisotopic (exact) mass is 372 g/mol. The lowest BCUT2D eigenvalue weighted by Gasteiger charge is -2.08. The Kier molecular flexibility index (Phi) is 6.04. The standard InChI is InChI=1S/C19H17ClN2O2S/c20-16-8-4-5-9-17(16)24-12-18(23)21-11-10-15-13-25-19(22-15)14-6-2-1-3-7-14/h1-9,13H,10-12H2,(H,21,23). The van der Waals surface area contributed by atoms with Crippen LogP contribution in [0.2, 0.25) is 5.02 Å². The van der Waals surface area contributed by atoms with Crippen LogP contribution in [0.1, 0.15) is 5.69 Å². The molecule has 0 spiro atoms. The van der Waals surface area contributed by atoms with Gasteiger partial charge in [-0.1, -0.05) is 54.1 Å². The smallest absolute Gasteiger partial charge is 0.257 e. The van der Waals surface area contributed by atoms with E-state index in [0.717, 1.165) is 16.3 Å². The van der Waals surface area contributed by atoms with Gasteiger partial charge in [0.05, 0.1) is 10.7 Å². The van der Waals surface area contributed by atoms with Crippen LogP contribution < -0.4 is 10.1 Å². The zero-order chi connectivity index (χ0) is 17.5. The summed E-state index contributed by atoms with van der Waals surface area (Å²) in [5.74, 6) is 0.324. The second-order valence-electron chi connectivity index (χ2n) is 5.33. The van der Waals surface area contributed by atoms with Crippen LogP contribution >= 0.6 is 22.9 Å². The molecule has 0 radical (unpaired) electrons. The Balaban J connectivity index is 1.43. The summed E-state index contributed by atoms with van der Waals surface area (Å²) in [6.07, 6.45) is 0.682. The van der Waals surface area contributed by atoms with Gasteiger partial charge < -0.3 is 10.1 Å². The van der Waals surface area contributed by atoms with Gasteiger partial charge in [-0.15, -0.1) is 11.3 Å². The summed E-state index contributed by atoms with van der Waals surface area (Å²) in [4.78, 5) is 16.4. The van der Waals surface area contributed by atoms with E-state index in [0.29, 0.717) is 23.7 Å². The number of carbonyl (C=O) groups excluding carboxylic acids is 1. The maximum atomic E-state index is 11.8. The van der Waals surface area contributed by atoms with Gasteiger partial charge in [0.1, 0.15) is 10.8 Å². The van der Waals surface area contributed by atoms with Gasteiger partial charge in [0.15, 0.2) is 6.61 Å². The minimum Gasteiger partial charge on any atom is -0.482 e. The van der Waals surface area contributed by atoms with Crippen LogP contribution in [0.5, 0.6) is 5.75 Å². The lowest BCUT2D eigenvalue weighted by molar-refractivity contribution is -0.123. The summed E-state index contributed by atoms with van der Waals surface area (Å²) in [5.41, 5.74) is 2.08. The molecule has 25 heavy (non-hydrogen) atoms. The molecule has 0 saturated heterocycles. The van der Waals surface area contributed by atoms with Crippen LogP contribution in [-0.2, 0) is 11.2 Å². The Morgan fingerprint density at radius 2 is 1.88 bits per heavy atom. The van der Waals surface area contributed by atoms with Gasteiger partial charge in [0.25, 0.3) is 5.91 Å². The first-order valence-corrected chi connectivity index (χ1v) is 9.12. The van der Waals surface area contributed by atoms with Crippen molar-refractivity contribution >= 4 is 28.8 Å². The molecule has 0 aliphatic heterocycles. The average molecular weight is 373 g/mol. The predicted molar refractivity (Wildman–Crippen MR) is 101 cm³/mol. The van der Waals surface area contributed by atoms with Crippen LogP contribution in [-0.4, -0.2) is 24.0 Å². The zero-order valence-corrected chi connectivity index (χ0v) is 15.0. The Bertz CT molecular complexity index is 836. The van der Waals surface area contributed by atoms with Crippen LogP contribution in [0.25, 0.3) is 10.6 Å². The molecule has 0 bridgehead atoms. The van der Waals surface area contributed by atoms with Gasteiger partial charge in [-0.3, -0.25) is 4.79 Å². The second kappa shape index (κ2) is 8.65. The summed E-state index contributed by atoms with van der Waals surface area (Å²) >= 11 is 7.59. The fourth-order valence-electron chi connectivity index (χ4n) is 2.22. The van der Waals surface area contributed by atoms with Gasteiger partial charge in [-0.25, -0.2) is 4.98 Å². The molecule has 3 rings (SSSR count). The molecule has 1 aromatic heterocycles. The maximum Gasteiger partial charge on any atom is 0.257 e. The molecular weight excluding hydrogens is 356 g/mol. The fraction of sp³-hybridized carbons (Fsp3) is 0.158. The molecule has 128 valence electrons. The number of nitrogens with zero attached hydrogens (tertiary/aromatic N) is 1. The molecule has 0 aliphatic carbocycles. The van der Waals surface area contributed by atoms with Crippen LogP contribution in [0.4, 0.5) is 0 Å². The van der Waals surface area contributed by atoms with Crippen molar-refractivity contribution in [1.82, 2.24) is 10.3 Å². The highest BCUT2D eigenvalue weighted by atomic mass is 35.5. The molecule has 6 heteroatoms. The third-order valence-corrected chi connectivity index (χ3v) is 4.72. The number of amides is 1. The Morgan fingerprint density at radius 3 is 2.68 bits per heavy atom. The molecule has 1 amide bonds. The normalized spacial score (nSPS) is 10.4.